The number of ketones is 1. The molecule has 0 spiro atoms. The fourth-order valence-corrected chi connectivity index (χ4v) is 2.80. The maximum Gasteiger partial charge on any atom is 0.174 e. The Morgan fingerprint density at radius 1 is 1.17 bits per heavy atom. The summed E-state index contributed by atoms with van der Waals surface area (Å²) in [6.45, 7) is 3.98. The van der Waals surface area contributed by atoms with Crippen LogP contribution in [0.25, 0.3) is 0 Å². The molecule has 2 N–H and O–H groups in total. The number of carbonyl (C=O) groups is 1. The molecule has 0 bridgehead atoms. The molecular formula is C20H20O4. The van der Waals surface area contributed by atoms with Gasteiger partial charge in [-0.3, -0.25) is 4.79 Å². The molecule has 0 unspecified atom stereocenters. The number of hydrogen-bond donors (Lipinski definition) is 2. The maximum absolute atomic E-state index is 12.5. The highest BCUT2D eigenvalue weighted by atomic mass is 16.5. The van der Waals surface area contributed by atoms with Crippen molar-refractivity contribution in [1.82, 2.24) is 0 Å². The average molecular weight is 324 g/mol. The summed E-state index contributed by atoms with van der Waals surface area (Å²) < 4.78 is 5.91. The van der Waals surface area contributed by atoms with E-state index in [0.717, 1.165) is 16.7 Å². The monoisotopic (exact) mass is 324 g/mol. The van der Waals surface area contributed by atoms with Crippen LogP contribution in [-0.2, 0) is 6.42 Å². The van der Waals surface area contributed by atoms with Gasteiger partial charge in [0.1, 0.15) is 28.9 Å². The fraction of sp³-hybridized carbons (Fsp3) is 0.250. The molecule has 0 aliphatic carbocycles. The lowest BCUT2D eigenvalue weighted by Crippen LogP contribution is -2.20. The summed E-state index contributed by atoms with van der Waals surface area (Å²) in [6, 6.07) is 10.1. The second-order valence-electron chi connectivity index (χ2n) is 6.26. The van der Waals surface area contributed by atoms with Crippen molar-refractivity contribution in [2.24, 2.45) is 0 Å². The van der Waals surface area contributed by atoms with Gasteiger partial charge in [-0.1, -0.05) is 29.8 Å². The van der Waals surface area contributed by atoms with Gasteiger partial charge < -0.3 is 14.9 Å². The lowest BCUT2D eigenvalue weighted by Gasteiger charge is -2.26. The SMILES string of the molecule is CC(C)=CCc1ccc2c(c1O)C(=O)C[C@H](c1ccc(O)cc1)O2. The summed E-state index contributed by atoms with van der Waals surface area (Å²) in [5, 5.41) is 19.8. The Hall–Kier alpha value is -2.75. The molecule has 1 atom stereocenters. The number of rotatable bonds is 3. The number of phenolic OH excluding ortho intramolecular Hbond substituents is 2. The van der Waals surface area contributed by atoms with E-state index in [-0.39, 0.29) is 29.3 Å². The van der Waals surface area contributed by atoms with Crippen LogP contribution >= 0.6 is 0 Å². The van der Waals surface area contributed by atoms with Gasteiger partial charge in [-0.05, 0) is 49.6 Å². The van der Waals surface area contributed by atoms with Crippen LogP contribution in [0.3, 0.4) is 0 Å². The Bertz CT molecular complexity index is 799. The van der Waals surface area contributed by atoms with Crippen LogP contribution in [0.4, 0.5) is 0 Å². The molecule has 124 valence electrons. The van der Waals surface area contributed by atoms with Crippen LogP contribution in [0, 0.1) is 0 Å². The third-order valence-corrected chi connectivity index (χ3v) is 4.14. The topological polar surface area (TPSA) is 66.8 Å². The minimum absolute atomic E-state index is 0.0131. The van der Waals surface area contributed by atoms with Crippen LogP contribution in [0.1, 0.15) is 47.9 Å². The van der Waals surface area contributed by atoms with Crippen molar-refractivity contribution in [1.29, 1.82) is 0 Å². The van der Waals surface area contributed by atoms with E-state index >= 15 is 0 Å². The molecule has 0 amide bonds. The van der Waals surface area contributed by atoms with Crippen LogP contribution < -0.4 is 4.74 Å². The summed E-state index contributed by atoms with van der Waals surface area (Å²) >= 11 is 0. The number of carbonyl (C=O) groups excluding carboxylic acids is 1. The molecule has 24 heavy (non-hydrogen) atoms. The van der Waals surface area contributed by atoms with Gasteiger partial charge in [0.15, 0.2) is 5.78 Å². The summed E-state index contributed by atoms with van der Waals surface area (Å²) in [5.41, 5.74) is 2.96. The van der Waals surface area contributed by atoms with E-state index in [1.165, 1.54) is 0 Å². The first-order valence-electron chi connectivity index (χ1n) is 7.92. The Morgan fingerprint density at radius 2 is 1.88 bits per heavy atom. The van der Waals surface area contributed by atoms with E-state index in [1.54, 1.807) is 36.4 Å². The van der Waals surface area contributed by atoms with Gasteiger partial charge in [-0.25, -0.2) is 0 Å². The summed E-state index contributed by atoms with van der Waals surface area (Å²) in [4.78, 5) is 12.5. The van der Waals surface area contributed by atoms with Crippen LogP contribution in [0.2, 0.25) is 0 Å². The highest BCUT2D eigenvalue weighted by Gasteiger charge is 2.31. The first-order chi connectivity index (χ1) is 11.5. The van der Waals surface area contributed by atoms with Crippen molar-refractivity contribution in [3.8, 4) is 17.2 Å². The summed E-state index contributed by atoms with van der Waals surface area (Å²) in [6.07, 6.45) is 2.34. The Labute approximate surface area is 141 Å². The molecule has 0 radical (unpaired) electrons. The quantitative estimate of drug-likeness (QED) is 0.826. The van der Waals surface area contributed by atoms with Gasteiger partial charge >= 0.3 is 0 Å². The van der Waals surface area contributed by atoms with Crippen molar-refractivity contribution in [3.05, 3.63) is 64.7 Å². The number of Topliss-reactive ketones (excluding diaryl/α,β-unsaturated/α-hetero) is 1. The van der Waals surface area contributed by atoms with Crippen molar-refractivity contribution >= 4 is 5.78 Å². The highest BCUT2D eigenvalue weighted by Crippen LogP contribution is 2.41. The van der Waals surface area contributed by atoms with Gasteiger partial charge in [0.25, 0.3) is 0 Å². The molecule has 1 aliphatic rings. The number of benzene rings is 2. The van der Waals surface area contributed by atoms with Crippen molar-refractivity contribution in [2.45, 2.75) is 32.8 Å². The van der Waals surface area contributed by atoms with Crippen LogP contribution in [0.5, 0.6) is 17.2 Å². The largest absolute Gasteiger partial charge is 0.508 e. The second kappa shape index (κ2) is 6.40. The third-order valence-electron chi connectivity index (χ3n) is 4.14. The lowest BCUT2D eigenvalue weighted by molar-refractivity contribution is 0.0845. The van der Waals surface area contributed by atoms with E-state index in [2.05, 4.69) is 0 Å². The molecule has 0 fully saturated rings. The molecule has 4 nitrogen and oxygen atoms in total. The molecule has 1 heterocycles. The molecule has 1 aliphatic heterocycles. The number of hydrogen-bond acceptors (Lipinski definition) is 4. The van der Waals surface area contributed by atoms with Gasteiger partial charge in [0.2, 0.25) is 0 Å². The number of phenols is 2. The van der Waals surface area contributed by atoms with Gasteiger partial charge in [0, 0.05) is 0 Å². The van der Waals surface area contributed by atoms with E-state index in [4.69, 9.17) is 4.74 Å². The first kappa shape index (κ1) is 16.1. The second-order valence-corrected chi connectivity index (χ2v) is 6.26. The standard InChI is InChI=1S/C20H20O4/c1-12(2)3-4-14-7-10-17-19(20(14)23)16(22)11-18(24-17)13-5-8-15(21)9-6-13/h3,5-10,18,21,23H,4,11H2,1-2H3/t18-/m1/s1. The van der Waals surface area contributed by atoms with Crippen molar-refractivity contribution in [3.63, 3.8) is 0 Å². The number of allylic oxidation sites excluding steroid dienone is 2. The zero-order valence-electron chi connectivity index (χ0n) is 13.7. The minimum Gasteiger partial charge on any atom is -0.508 e. The normalized spacial score (nSPS) is 16.2. The smallest absolute Gasteiger partial charge is 0.174 e. The van der Waals surface area contributed by atoms with Crippen LogP contribution in [-0.4, -0.2) is 16.0 Å². The molecular weight excluding hydrogens is 304 g/mol. The zero-order valence-corrected chi connectivity index (χ0v) is 13.7. The van der Waals surface area contributed by atoms with Crippen molar-refractivity contribution < 1.29 is 19.7 Å². The number of aromatic hydroxyl groups is 2. The third kappa shape index (κ3) is 3.13. The van der Waals surface area contributed by atoms with Gasteiger partial charge in [-0.15, -0.1) is 0 Å². The lowest BCUT2D eigenvalue weighted by atomic mass is 9.93. The average Bonchev–Trinajstić information content (AvgIpc) is 2.54. The molecule has 0 saturated carbocycles. The van der Waals surface area contributed by atoms with Gasteiger partial charge in [-0.2, -0.15) is 0 Å². The van der Waals surface area contributed by atoms with E-state index in [0.29, 0.717) is 12.2 Å². The molecule has 2 aromatic rings. The Morgan fingerprint density at radius 3 is 2.54 bits per heavy atom. The molecule has 0 aromatic heterocycles. The zero-order chi connectivity index (χ0) is 17.3. The van der Waals surface area contributed by atoms with Crippen LogP contribution in [0.15, 0.2) is 48.0 Å². The molecule has 0 saturated heterocycles. The highest BCUT2D eigenvalue weighted by molar-refractivity contribution is 6.02. The predicted octanol–water partition coefficient (Wildman–Crippen LogP) is 4.31. The first-order valence-corrected chi connectivity index (χ1v) is 7.92. The summed E-state index contributed by atoms with van der Waals surface area (Å²) in [5.74, 6) is 0.454. The maximum atomic E-state index is 12.5. The molecule has 2 aromatic carbocycles. The van der Waals surface area contributed by atoms with Crippen molar-refractivity contribution in [2.75, 3.05) is 0 Å². The summed E-state index contributed by atoms with van der Waals surface area (Å²) in [7, 11) is 0. The van der Waals surface area contributed by atoms with E-state index in [1.807, 2.05) is 19.9 Å². The fourth-order valence-electron chi connectivity index (χ4n) is 2.80. The Balaban J connectivity index is 1.92. The predicted molar refractivity (Wildman–Crippen MR) is 91.7 cm³/mol. The van der Waals surface area contributed by atoms with E-state index < -0.39 is 6.10 Å². The number of ether oxygens (including phenoxy) is 1. The van der Waals surface area contributed by atoms with E-state index in [9.17, 15) is 15.0 Å². The number of fused-ring (bicyclic) bond motifs is 1. The Kier molecular flexibility index (Phi) is 4.30. The van der Waals surface area contributed by atoms with Gasteiger partial charge in [0.05, 0.1) is 6.42 Å². The molecule has 3 rings (SSSR count). The molecule has 4 heteroatoms. The minimum atomic E-state index is -0.409.